The Morgan fingerprint density at radius 3 is 3.00 bits per heavy atom. The second-order valence-corrected chi connectivity index (χ2v) is 3.82. The minimum atomic E-state index is -0.211. The molecule has 0 bridgehead atoms. The molecule has 2 rings (SSSR count). The number of hydrazone groups is 1. The monoisotopic (exact) mass is 246 g/mol. The fourth-order valence-corrected chi connectivity index (χ4v) is 1.48. The van der Waals surface area contributed by atoms with Crippen LogP contribution < -0.4 is 16.7 Å². The molecule has 17 heavy (non-hydrogen) atoms. The van der Waals surface area contributed by atoms with Gasteiger partial charge in [-0.2, -0.15) is 5.10 Å². The van der Waals surface area contributed by atoms with Crippen LogP contribution >= 0.6 is 12.2 Å². The highest BCUT2D eigenvalue weighted by Crippen LogP contribution is 2.08. The van der Waals surface area contributed by atoms with Gasteiger partial charge in [-0.15, -0.1) is 0 Å². The summed E-state index contributed by atoms with van der Waals surface area (Å²) in [7, 11) is 0. The van der Waals surface area contributed by atoms with Gasteiger partial charge < -0.3 is 10.7 Å². The molecule has 0 aliphatic carbocycles. The molecule has 2 aromatic rings. The predicted octanol–water partition coefficient (Wildman–Crippen LogP) is 0.695. The van der Waals surface area contributed by atoms with E-state index in [0.717, 1.165) is 10.9 Å². The first kappa shape index (κ1) is 11.3. The van der Waals surface area contributed by atoms with E-state index >= 15 is 0 Å². The quantitative estimate of drug-likeness (QED) is 0.414. The van der Waals surface area contributed by atoms with E-state index in [0.29, 0.717) is 5.56 Å². The van der Waals surface area contributed by atoms with Gasteiger partial charge in [-0.3, -0.25) is 10.2 Å². The standard InChI is InChI=1S/C11H10N4OS/c12-11(17)15-13-6-8-5-7-3-1-2-4-9(7)14-10(8)16/h1-6H,(H,14,16)(H3,12,15,17). The summed E-state index contributed by atoms with van der Waals surface area (Å²) in [5.74, 6) is 0. The summed E-state index contributed by atoms with van der Waals surface area (Å²) in [5, 5.41) is 4.74. The molecule has 0 radical (unpaired) electrons. The molecule has 0 saturated carbocycles. The third kappa shape index (κ3) is 2.67. The van der Waals surface area contributed by atoms with E-state index in [1.165, 1.54) is 6.21 Å². The van der Waals surface area contributed by atoms with Crippen LogP contribution in [0.5, 0.6) is 0 Å². The van der Waals surface area contributed by atoms with Crippen molar-refractivity contribution in [1.29, 1.82) is 0 Å². The number of nitrogens with one attached hydrogen (secondary N) is 2. The van der Waals surface area contributed by atoms with E-state index in [9.17, 15) is 4.79 Å². The van der Waals surface area contributed by atoms with Crippen molar-refractivity contribution < 1.29 is 0 Å². The molecule has 0 fully saturated rings. The topological polar surface area (TPSA) is 83.3 Å². The number of hydrogen-bond acceptors (Lipinski definition) is 3. The van der Waals surface area contributed by atoms with E-state index in [4.69, 9.17) is 5.73 Å². The van der Waals surface area contributed by atoms with Crippen molar-refractivity contribution in [1.82, 2.24) is 10.4 Å². The van der Waals surface area contributed by atoms with E-state index < -0.39 is 0 Å². The average Bonchev–Trinajstić information content (AvgIpc) is 2.29. The largest absolute Gasteiger partial charge is 0.375 e. The molecule has 0 spiro atoms. The fraction of sp³-hybridized carbons (Fsp3) is 0. The smallest absolute Gasteiger partial charge is 0.257 e. The van der Waals surface area contributed by atoms with Gasteiger partial charge in [0.05, 0.1) is 11.8 Å². The van der Waals surface area contributed by atoms with Gasteiger partial charge in [0, 0.05) is 5.52 Å². The van der Waals surface area contributed by atoms with Crippen LogP contribution in [0.15, 0.2) is 40.2 Å². The molecule has 0 amide bonds. The van der Waals surface area contributed by atoms with Crippen molar-refractivity contribution >= 4 is 34.4 Å². The molecule has 1 aromatic heterocycles. The Labute approximate surface area is 102 Å². The van der Waals surface area contributed by atoms with Crippen LogP contribution in [0.2, 0.25) is 0 Å². The number of H-pyrrole nitrogens is 1. The van der Waals surface area contributed by atoms with Crippen LogP contribution in [0, 0.1) is 0 Å². The summed E-state index contributed by atoms with van der Waals surface area (Å²) < 4.78 is 0. The van der Waals surface area contributed by atoms with Gasteiger partial charge in [0.2, 0.25) is 0 Å². The Morgan fingerprint density at radius 1 is 1.47 bits per heavy atom. The van der Waals surface area contributed by atoms with Gasteiger partial charge in [0.25, 0.3) is 5.56 Å². The van der Waals surface area contributed by atoms with E-state index in [2.05, 4.69) is 27.7 Å². The molecule has 0 unspecified atom stereocenters. The number of thiocarbonyl (C=S) groups is 1. The SMILES string of the molecule is NC(=S)NN=Cc1cc2ccccc2[nH]c1=O. The van der Waals surface area contributed by atoms with Crippen molar-refractivity contribution in [2.45, 2.75) is 0 Å². The average molecular weight is 246 g/mol. The number of nitrogens with zero attached hydrogens (tertiary/aromatic N) is 1. The molecule has 0 saturated heterocycles. The number of pyridine rings is 1. The summed E-state index contributed by atoms with van der Waals surface area (Å²) in [4.78, 5) is 14.4. The number of para-hydroxylation sites is 1. The van der Waals surface area contributed by atoms with Crippen LogP contribution in [0.25, 0.3) is 10.9 Å². The second kappa shape index (κ2) is 4.75. The molecule has 6 heteroatoms. The highest BCUT2D eigenvalue weighted by Gasteiger charge is 1.99. The number of rotatable bonds is 2. The van der Waals surface area contributed by atoms with Crippen LogP contribution in [-0.4, -0.2) is 16.3 Å². The molecule has 86 valence electrons. The first-order chi connectivity index (χ1) is 8.16. The third-order valence-corrected chi connectivity index (χ3v) is 2.25. The van der Waals surface area contributed by atoms with Crippen molar-refractivity contribution in [2.75, 3.05) is 0 Å². The summed E-state index contributed by atoms with van der Waals surface area (Å²) in [6, 6.07) is 9.25. The Hall–Kier alpha value is -2.21. The Bertz CT molecular complexity index is 647. The predicted molar refractivity (Wildman–Crippen MR) is 72.1 cm³/mol. The molecule has 0 atom stereocenters. The lowest BCUT2D eigenvalue weighted by molar-refractivity contribution is 1.04. The third-order valence-electron chi connectivity index (χ3n) is 2.16. The zero-order valence-electron chi connectivity index (χ0n) is 8.81. The van der Waals surface area contributed by atoms with Gasteiger partial charge in [0.1, 0.15) is 0 Å². The van der Waals surface area contributed by atoms with Gasteiger partial charge in [-0.25, -0.2) is 0 Å². The first-order valence-corrected chi connectivity index (χ1v) is 5.28. The molecule has 0 aliphatic rings. The number of aromatic amines is 1. The highest BCUT2D eigenvalue weighted by molar-refractivity contribution is 7.80. The maximum absolute atomic E-state index is 11.7. The van der Waals surface area contributed by atoms with Gasteiger partial charge in [0.15, 0.2) is 5.11 Å². The van der Waals surface area contributed by atoms with Crippen molar-refractivity contribution in [3.63, 3.8) is 0 Å². The van der Waals surface area contributed by atoms with E-state index in [1.807, 2.05) is 24.3 Å². The highest BCUT2D eigenvalue weighted by atomic mass is 32.1. The van der Waals surface area contributed by atoms with Crippen LogP contribution in [0.1, 0.15) is 5.56 Å². The summed E-state index contributed by atoms with van der Waals surface area (Å²) in [5.41, 5.74) is 8.62. The lowest BCUT2D eigenvalue weighted by Gasteiger charge is -1.99. The molecular weight excluding hydrogens is 236 g/mol. The maximum Gasteiger partial charge on any atom is 0.257 e. The fourth-order valence-electron chi connectivity index (χ4n) is 1.43. The summed E-state index contributed by atoms with van der Waals surface area (Å²) in [6.07, 6.45) is 1.38. The summed E-state index contributed by atoms with van der Waals surface area (Å²) in [6.45, 7) is 0. The number of nitrogens with two attached hydrogens (primary N) is 1. The number of aromatic nitrogens is 1. The Kier molecular flexibility index (Phi) is 3.15. The van der Waals surface area contributed by atoms with Crippen LogP contribution in [-0.2, 0) is 0 Å². The van der Waals surface area contributed by atoms with E-state index in [-0.39, 0.29) is 10.7 Å². The molecule has 5 nitrogen and oxygen atoms in total. The van der Waals surface area contributed by atoms with E-state index in [1.54, 1.807) is 6.07 Å². The molecule has 0 aliphatic heterocycles. The van der Waals surface area contributed by atoms with Crippen molar-refractivity contribution in [3.05, 3.63) is 46.2 Å². The molecule has 1 aromatic carbocycles. The zero-order chi connectivity index (χ0) is 12.3. The number of fused-ring (bicyclic) bond motifs is 1. The van der Waals surface area contributed by atoms with Crippen molar-refractivity contribution in [3.8, 4) is 0 Å². The summed E-state index contributed by atoms with van der Waals surface area (Å²) >= 11 is 4.59. The second-order valence-electron chi connectivity index (χ2n) is 3.38. The lowest BCUT2D eigenvalue weighted by atomic mass is 10.2. The molecular formula is C11H10N4OS. The lowest BCUT2D eigenvalue weighted by Crippen LogP contribution is -2.24. The molecule has 1 heterocycles. The normalized spacial score (nSPS) is 10.8. The van der Waals surface area contributed by atoms with Gasteiger partial charge >= 0.3 is 0 Å². The maximum atomic E-state index is 11.7. The zero-order valence-corrected chi connectivity index (χ0v) is 9.62. The molecule has 4 N–H and O–H groups in total. The van der Waals surface area contributed by atoms with Crippen molar-refractivity contribution in [2.24, 2.45) is 10.8 Å². The minimum absolute atomic E-state index is 0.0541. The van der Waals surface area contributed by atoms with Crippen LogP contribution in [0.3, 0.4) is 0 Å². The minimum Gasteiger partial charge on any atom is -0.375 e. The number of benzene rings is 1. The Morgan fingerprint density at radius 2 is 2.24 bits per heavy atom. The van der Waals surface area contributed by atoms with Crippen LogP contribution in [0.4, 0.5) is 0 Å². The van der Waals surface area contributed by atoms with Gasteiger partial charge in [-0.05, 0) is 29.7 Å². The first-order valence-electron chi connectivity index (χ1n) is 4.87. The van der Waals surface area contributed by atoms with Gasteiger partial charge in [-0.1, -0.05) is 18.2 Å². The Balaban J connectivity index is 2.41. The number of hydrogen-bond donors (Lipinski definition) is 3.